The van der Waals surface area contributed by atoms with Gasteiger partial charge in [-0.1, -0.05) is 0 Å². The lowest BCUT2D eigenvalue weighted by atomic mass is 10.0. The van der Waals surface area contributed by atoms with E-state index in [0.29, 0.717) is 25.1 Å². The van der Waals surface area contributed by atoms with Crippen molar-refractivity contribution in [2.24, 2.45) is 18.9 Å². The van der Waals surface area contributed by atoms with E-state index in [9.17, 15) is 9.59 Å². The second kappa shape index (κ2) is 4.57. The smallest absolute Gasteiger partial charge is 0.306 e. The first-order chi connectivity index (χ1) is 8.06. The van der Waals surface area contributed by atoms with Crippen LogP contribution in [-0.4, -0.2) is 26.8 Å². The number of aryl methyl sites for hydroxylation is 1. The highest BCUT2D eigenvalue weighted by molar-refractivity contribution is 5.92. The predicted octanol–water partition coefficient (Wildman–Crippen LogP) is 0.859. The fraction of sp³-hybridized carbons (Fsp3) is 0.545. The van der Waals surface area contributed by atoms with Crippen molar-refractivity contribution in [3.63, 3.8) is 0 Å². The van der Waals surface area contributed by atoms with Gasteiger partial charge in [-0.3, -0.25) is 14.3 Å². The van der Waals surface area contributed by atoms with Gasteiger partial charge >= 0.3 is 5.97 Å². The maximum atomic E-state index is 11.8. The predicted molar refractivity (Wildman–Crippen MR) is 60.3 cm³/mol. The Bertz CT molecular complexity index is 441. The molecule has 0 spiro atoms. The number of anilines is 1. The van der Waals surface area contributed by atoms with E-state index in [0.717, 1.165) is 0 Å². The third-order valence-corrected chi connectivity index (χ3v) is 3.12. The maximum Gasteiger partial charge on any atom is 0.306 e. The van der Waals surface area contributed by atoms with Gasteiger partial charge in [-0.2, -0.15) is 5.10 Å². The van der Waals surface area contributed by atoms with Crippen LogP contribution in [0.15, 0.2) is 12.3 Å². The molecule has 0 bridgehead atoms. The highest BCUT2D eigenvalue weighted by Crippen LogP contribution is 2.31. The van der Waals surface area contributed by atoms with Crippen LogP contribution in [0.2, 0.25) is 0 Å². The molecule has 1 aliphatic carbocycles. The number of aliphatic carboxylic acids is 1. The van der Waals surface area contributed by atoms with E-state index >= 15 is 0 Å². The number of amides is 1. The summed E-state index contributed by atoms with van der Waals surface area (Å²) < 4.78 is 1.60. The molecule has 1 aromatic rings. The number of nitrogens with one attached hydrogen (secondary N) is 1. The summed E-state index contributed by atoms with van der Waals surface area (Å²) in [6.07, 6.45) is 3.38. The minimum absolute atomic E-state index is 0.132. The lowest BCUT2D eigenvalue weighted by molar-refractivity contribution is -0.141. The number of aromatic nitrogens is 2. The molecule has 92 valence electrons. The number of carbonyl (C=O) groups is 2. The maximum absolute atomic E-state index is 11.8. The van der Waals surface area contributed by atoms with Gasteiger partial charge in [0.1, 0.15) is 0 Å². The second-order valence-electron chi connectivity index (χ2n) is 4.41. The highest BCUT2D eigenvalue weighted by atomic mass is 16.4. The molecule has 2 atom stereocenters. The van der Waals surface area contributed by atoms with Crippen molar-refractivity contribution >= 4 is 17.7 Å². The Morgan fingerprint density at radius 3 is 2.71 bits per heavy atom. The summed E-state index contributed by atoms with van der Waals surface area (Å²) >= 11 is 0. The van der Waals surface area contributed by atoms with Crippen molar-refractivity contribution in [3.8, 4) is 0 Å². The molecule has 1 saturated carbocycles. The van der Waals surface area contributed by atoms with Crippen LogP contribution in [0.1, 0.15) is 19.3 Å². The number of nitrogens with zero attached hydrogens (tertiary/aromatic N) is 2. The Kier molecular flexibility index (Phi) is 3.12. The van der Waals surface area contributed by atoms with E-state index in [1.54, 1.807) is 24.0 Å². The summed E-state index contributed by atoms with van der Waals surface area (Å²) in [4.78, 5) is 22.6. The first-order valence-electron chi connectivity index (χ1n) is 5.59. The van der Waals surface area contributed by atoms with Gasteiger partial charge < -0.3 is 10.4 Å². The van der Waals surface area contributed by atoms with Crippen LogP contribution in [0.3, 0.4) is 0 Å². The van der Waals surface area contributed by atoms with Crippen molar-refractivity contribution in [2.45, 2.75) is 19.3 Å². The Morgan fingerprint density at radius 1 is 1.47 bits per heavy atom. The normalized spacial score (nSPS) is 23.6. The van der Waals surface area contributed by atoms with Gasteiger partial charge in [-0.25, -0.2) is 0 Å². The van der Waals surface area contributed by atoms with E-state index in [1.807, 2.05) is 0 Å². The van der Waals surface area contributed by atoms with Crippen molar-refractivity contribution < 1.29 is 14.7 Å². The minimum atomic E-state index is -0.807. The van der Waals surface area contributed by atoms with Crippen LogP contribution in [0.5, 0.6) is 0 Å². The Morgan fingerprint density at radius 2 is 2.18 bits per heavy atom. The third-order valence-electron chi connectivity index (χ3n) is 3.12. The van der Waals surface area contributed by atoms with E-state index in [-0.39, 0.29) is 17.7 Å². The number of rotatable bonds is 3. The fourth-order valence-electron chi connectivity index (χ4n) is 2.15. The topological polar surface area (TPSA) is 84.2 Å². The Hall–Kier alpha value is -1.85. The fourth-order valence-corrected chi connectivity index (χ4v) is 2.15. The van der Waals surface area contributed by atoms with E-state index < -0.39 is 5.97 Å². The number of carbonyl (C=O) groups excluding carboxylic acids is 1. The van der Waals surface area contributed by atoms with Crippen molar-refractivity contribution in [1.82, 2.24) is 9.78 Å². The third kappa shape index (κ3) is 2.64. The van der Waals surface area contributed by atoms with Gasteiger partial charge in [0.15, 0.2) is 5.82 Å². The van der Waals surface area contributed by atoms with Gasteiger partial charge in [0.2, 0.25) is 5.91 Å². The van der Waals surface area contributed by atoms with Crippen LogP contribution in [-0.2, 0) is 16.6 Å². The zero-order valence-electron chi connectivity index (χ0n) is 9.59. The van der Waals surface area contributed by atoms with E-state index in [4.69, 9.17) is 5.11 Å². The number of hydrogen-bond acceptors (Lipinski definition) is 3. The molecule has 1 amide bonds. The van der Waals surface area contributed by atoms with Crippen LogP contribution in [0, 0.1) is 11.8 Å². The lowest BCUT2D eigenvalue weighted by Crippen LogP contribution is -2.22. The molecule has 0 aliphatic heterocycles. The Balaban J connectivity index is 1.91. The zero-order chi connectivity index (χ0) is 12.4. The van der Waals surface area contributed by atoms with Crippen molar-refractivity contribution in [1.29, 1.82) is 0 Å². The summed E-state index contributed by atoms with van der Waals surface area (Å²) in [5.74, 6) is -1.02. The minimum Gasteiger partial charge on any atom is -0.481 e. The molecule has 1 heterocycles. The van der Waals surface area contributed by atoms with Crippen LogP contribution < -0.4 is 5.32 Å². The highest BCUT2D eigenvalue weighted by Gasteiger charge is 2.33. The molecule has 1 fully saturated rings. The molecule has 1 aromatic heterocycles. The van der Waals surface area contributed by atoms with E-state index in [1.165, 1.54) is 0 Å². The number of hydrogen-bond donors (Lipinski definition) is 2. The van der Waals surface area contributed by atoms with Crippen molar-refractivity contribution in [2.75, 3.05) is 5.32 Å². The van der Waals surface area contributed by atoms with Gasteiger partial charge in [-0.05, 0) is 19.3 Å². The quantitative estimate of drug-likeness (QED) is 0.816. The molecule has 1 aliphatic rings. The molecule has 0 saturated heterocycles. The summed E-state index contributed by atoms with van der Waals surface area (Å²) in [6, 6.07) is 1.71. The monoisotopic (exact) mass is 237 g/mol. The summed E-state index contributed by atoms with van der Waals surface area (Å²) in [7, 11) is 1.77. The molecule has 17 heavy (non-hydrogen) atoms. The average molecular weight is 237 g/mol. The molecular formula is C11H15N3O3. The zero-order valence-corrected chi connectivity index (χ0v) is 9.59. The molecular weight excluding hydrogens is 222 g/mol. The molecule has 2 N–H and O–H groups in total. The first-order valence-corrected chi connectivity index (χ1v) is 5.59. The Labute approximate surface area is 98.6 Å². The van der Waals surface area contributed by atoms with Crippen LogP contribution in [0.25, 0.3) is 0 Å². The molecule has 0 aromatic carbocycles. The lowest BCUT2D eigenvalue weighted by Gasteiger charge is -2.08. The molecule has 0 radical (unpaired) electrons. The van der Waals surface area contributed by atoms with Gasteiger partial charge in [-0.15, -0.1) is 0 Å². The largest absolute Gasteiger partial charge is 0.481 e. The number of carboxylic acids is 1. The van der Waals surface area contributed by atoms with Crippen LogP contribution in [0.4, 0.5) is 5.82 Å². The summed E-state index contributed by atoms with van der Waals surface area (Å²) in [6.45, 7) is 0. The van der Waals surface area contributed by atoms with E-state index in [2.05, 4.69) is 10.4 Å². The first kappa shape index (κ1) is 11.6. The average Bonchev–Trinajstić information content (AvgIpc) is 2.86. The van der Waals surface area contributed by atoms with Gasteiger partial charge in [0.25, 0.3) is 0 Å². The van der Waals surface area contributed by atoms with Gasteiger partial charge in [0, 0.05) is 25.2 Å². The number of carboxylic acid groups (broad SMARTS) is 1. The molecule has 6 heteroatoms. The molecule has 6 nitrogen and oxygen atoms in total. The van der Waals surface area contributed by atoms with Crippen molar-refractivity contribution in [3.05, 3.63) is 12.3 Å². The molecule has 2 rings (SSSR count). The summed E-state index contributed by atoms with van der Waals surface area (Å²) in [5, 5.41) is 15.6. The van der Waals surface area contributed by atoms with Crippen LogP contribution >= 0.6 is 0 Å². The standard InChI is InChI=1S/C11H15N3O3/c1-14-5-4-9(13-14)12-10(15)7-2-3-8(6-7)11(16)17/h4-5,7-8H,2-3,6H2,1H3,(H,16,17)(H,12,13,15). The van der Waals surface area contributed by atoms with Gasteiger partial charge in [0.05, 0.1) is 5.92 Å². The second-order valence-corrected chi connectivity index (χ2v) is 4.41. The SMILES string of the molecule is Cn1ccc(NC(=O)C2CCC(C(=O)O)C2)n1. The summed E-state index contributed by atoms with van der Waals surface area (Å²) in [5.41, 5.74) is 0. The molecule has 2 unspecified atom stereocenters.